The number of aliphatic hydroxyl groups excluding tert-OH is 1. The van der Waals surface area contributed by atoms with Gasteiger partial charge in [-0.2, -0.15) is 0 Å². The Morgan fingerprint density at radius 2 is 2.06 bits per heavy atom. The van der Waals surface area contributed by atoms with Crippen LogP contribution in [0.25, 0.3) is 0 Å². The zero-order valence-electron chi connectivity index (χ0n) is 11.0. The molecule has 0 aliphatic heterocycles. The molecule has 0 saturated carbocycles. The summed E-state index contributed by atoms with van der Waals surface area (Å²) >= 11 is 0. The molecule has 0 radical (unpaired) electrons. The molecular formula is C15H24O2. The highest BCUT2D eigenvalue weighted by atomic mass is 16.5. The Morgan fingerprint density at radius 3 is 2.71 bits per heavy atom. The highest BCUT2D eigenvalue weighted by Gasteiger charge is 2.09. The summed E-state index contributed by atoms with van der Waals surface area (Å²) < 4.78 is 5.32. The van der Waals surface area contributed by atoms with E-state index < -0.39 is 0 Å². The maximum Gasteiger partial charge on any atom is 0.0466 e. The van der Waals surface area contributed by atoms with Crippen LogP contribution in [-0.4, -0.2) is 24.9 Å². The topological polar surface area (TPSA) is 29.5 Å². The van der Waals surface area contributed by atoms with E-state index in [1.165, 1.54) is 11.1 Å². The average molecular weight is 236 g/mol. The molecule has 17 heavy (non-hydrogen) atoms. The van der Waals surface area contributed by atoms with Crippen LogP contribution in [0.5, 0.6) is 0 Å². The number of hydrogen-bond donors (Lipinski definition) is 1. The molecule has 1 atom stereocenters. The van der Waals surface area contributed by atoms with Gasteiger partial charge in [0.25, 0.3) is 0 Å². The fourth-order valence-corrected chi connectivity index (χ4v) is 2.03. The van der Waals surface area contributed by atoms with Crippen molar-refractivity contribution in [2.24, 2.45) is 5.92 Å². The van der Waals surface area contributed by atoms with Gasteiger partial charge >= 0.3 is 0 Å². The molecule has 0 heterocycles. The van der Waals surface area contributed by atoms with Crippen LogP contribution in [0.4, 0.5) is 0 Å². The second-order valence-corrected chi connectivity index (χ2v) is 4.52. The second-order valence-electron chi connectivity index (χ2n) is 4.52. The lowest BCUT2D eigenvalue weighted by molar-refractivity contribution is 0.132. The minimum atomic E-state index is 0.264. The first-order valence-electron chi connectivity index (χ1n) is 6.51. The maximum atomic E-state index is 9.39. The van der Waals surface area contributed by atoms with Gasteiger partial charge in [0, 0.05) is 19.8 Å². The van der Waals surface area contributed by atoms with Crippen molar-refractivity contribution in [1.82, 2.24) is 0 Å². The van der Waals surface area contributed by atoms with E-state index in [2.05, 4.69) is 31.2 Å². The normalized spacial score (nSPS) is 12.6. The van der Waals surface area contributed by atoms with Gasteiger partial charge in [-0.3, -0.25) is 0 Å². The minimum Gasteiger partial charge on any atom is -0.396 e. The first-order valence-corrected chi connectivity index (χ1v) is 6.51. The third-order valence-electron chi connectivity index (χ3n) is 3.13. The van der Waals surface area contributed by atoms with Crippen LogP contribution in [0.1, 0.15) is 30.9 Å². The largest absolute Gasteiger partial charge is 0.396 e. The lowest BCUT2D eigenvalue weighted by Gasteiger charge is -2.15. The summed E-state index contributed by atoms with van der Waals surface area (Å²) in [5.41, 5.74) is 2.67. The van der Waals surface area contributed by atoms with E-state index in [-0.39, 0.29) is 6.61 Å². The van der Waals surface area contributed by atoms with E-state index in [0.29, 0.717) is 5.92 Å². The molecule has 0 aliphatic carbocycles. The van der Waals surface area contributed by atoms with E-state index in [0.717, 1.165) is 32.5 Å². The molecule has 0 amide bonds. The second kappa shape index (κ2) is 8.26. The van der Waals surface area contributed by atoms with Crippen LogP contribution in [-0.2, 0) is 11.2 Å². The van der Waals surface area contributed by atoms with Crippen LogP contribution in [0.2, 0.25) is 0 Å². The fourth-order valence-electron chi connectivity index (χ4n) is 2.03. The van der Waals surface area contributed by atoms with E-state index in [4.69, 9.17) is 4.74 Å². The monoisotopic (exact) mass is 236 g/mol. The molecule has 1 unspecified atom stereocenters. The molecule has 2 heteroatoms. The summed E-state index contributed by atoms with van der Waals surface area (Å²) in [6, 6.07) is 8.41. The van der Waals surface area contributed by atoms with Gasteiger partial charge in [-0.05, 0) is 50.2 Å². The first-order chi connectivity index (χ1) is 8.27. The zero-order chi connectivity index (χ0) is 12.5. The number of hydrogen-bond acceptors (Lipinski definition) is 2. The Balaban J connectivity index is 2.38. The van der Waals surface area contributed by atoms with Gasteiger partial charge in [-0.15, -0.1) is 0 Å². The predicted molar refractivity (Wildman–Crippen MR) is 71.2 cm³/mol. The average Bonchev–Trinajstić information content (AvgIpc) is 2.35. The van der Waals surface area contributed by atoms with Crippen molar-refractivity contribution in [3.8, 4) is 0 Å². The summed E-state index contributed by atoms with van der Waals surface area (Å²) in [6.45, 7) is 5.99. The Morgan fingerprint density at radius 1 is 1.29 bits per heavy atom. The van der Waals surface area contributed by atoms with E-state index in [9.17, 15) is 5.11 Å². The lowest BCUT2D eigenvalue weighted by atomic mass is 9.93. The third-order valence-corrected chi connectivity index (χ3v) is 3.13. The summed E-state index contributed by atoms with van der Waals surface area (Å²) in [5.74, 6) is 0.358. The number of aryl methyl sites for hydroxylation is 1. The molecule has 0 aromatic heterocycles. The van der Waals surface area contributed by atoms with Crippen molar-refractivity contribution >= 4 is 0 Å². The summed E-state index contributed by atoms with van der Waals surface area (Å²) in [5, 5.41) is 9.39. The third kappa shape index (κ3) is 5.33. The van der Waals surface area contributed by atoms with Crippen molar-refractivity contribution in [3.05, 3.63) is 35.4 Å². The van der Waals surface area contributed by atoms with Crippen molar-refractivity contribution in [2.75, 3.05) is 19.8 Å². The Kier molecular flexibility index (Phi) is 6.90. The van der Waals surface area contributed by atoms with Gasteiger partial charge in [-0.1, -0.05) is 24.3 Å². The van der Waals surface area contributed by atoms with Gasteiger partial charge in [0.15, 0.2) is 0 Å². The van der Waals surface area contributed by atoms with Crippen molar-refractivity contribution < 1.29 is 9.84 Å². The highest BCUT2D eigenvalue weighted by molar-refractivity contribution is 5.25. The Hall–Kier alpha value is -0.860. The molecule has 0 saturated heterocycles. The number of rotatable bonds is 8. The van der Waals surface area contributed by atoms with E-state index in [1.807, 2.05) is 6.92 Å². The molecule has 1 aromatic rings. The van der Waals surface area contributed by atoms with Crippen molar-refractivity contribution in [1.29, 1.82) is 0 Å². The summed E-state index contributed by atoms with van der Waals surface area (Å²) in [7, 11) is 0. The molecule has 0 bridgehead atoms. The minimum absolute atomic E-state index is 0.264. The number of ether oxygens (including phenoxy) is 1. The Labute approximate surface area is 105 Å². The quantitative estimate of drug-likeness (QED) is 0.703. The molecule has 1 N–H and O–H groups in total. The zero-order valence-corrected chi connectivity index (χ0v) is 11.0. The maximum absolute atomic E-state index is 9.39. The van der Waals surface area contributed by atoms with Gasteiger partial charge in [-0.25, -0.2) is 0 Å². The van der Waals surface area contributed by atoms with Crippen LogP contribution in [0, 0.1) is 12.8 Å². The van der Waals surface area contributed by atoms with Crippen LogP contribution < -0.4 is 0 Å². The van der Waals surface area contributed by atoms with Gasteiger partial charge in [0.05, 0.1) is 0 Å². The lowest BCUT2D eigenvalue weighted by Crippen LogP contribution is -2.11. The standard InChI is InChI=1S/C15H24O2/c1-3-17-10-6-8-14(12-16)11-15-9-5-4-7-13(15)2/h4-5,7,9,14,16H,3,6,8,10-12H2,1-2H3. The predicted octanol–water partition coefficient (Wildman–Crippen LogP) is 2.96. The highest BCUT2D eigenvalue weighted by Crippen LogP contribution is 2.16. The van der Waals surface area contributed by atoms with Crippen LogP contribution in [0.3, 0.4) is 0 Å². The van der Waals surface area contributed by atoms with Crippen molar-refractivity contribution in [2.45, 2.75) is 33.1 Å². The molecule has 2 nitrogen and oxygen atoms in total. The van der Waals surface area contributed by atoms with Crippen LogP contribution >= 0.6 is 0 Å². The molecule has 0 aliphatic rings. The van der Waals surface area contributed by atoms with Gasteiger partial charge in [0.1, 0.15) is 0 Å². The Bertz CT molecular complexity index is 310. The summed E-state index contributed by atoms with van der Waals surface area (Å²) in [4.78, 5) is 0. The molecule has 1 aromatic carbocycles. The number of aliphatic hydroxyl groups is 1. The van der Waals surface area contributed by atoms with E-state index >= 15 is 0 Å². The summed E-state index contributed by atoms with van der Waals surface area (Å²) in [6.07, 6.45) is 3.03. The van der Waals surface area contributed by atoms with E-state index in [1.54, 1.807) is 0 Å². The van der Waals surface area contributed by atoms with Gasteiger partial charge < -0.3 is 9.84 Å². The van der Waals surface area contributed by atoms with Crippen LogP contribution in [0.15, 0.2) is 24.3 Å². The molecule has 96 valence electrons. The number of benzene rings is 1. The van der Waals surface area contributed by atoms with Crippen molar-refractivity contribution in [3.63, 3.8) is 0 Å². The first kappa shape index (κ1) is 14.2. The molecule has 1 rings (SSSR count). The molecular weight excluding hydrogens is 212 g/mol. The van der Waals surface area contributed by atoms with Gasteiger partial charge in [0.2, 0.25) is 0 Å². The fraction of sp³-hybridized carbons (Fsp3) is 0.600. The molecule has 0 fully saturated rings. The molecule has 0 spiro atoms. The SMILES string of the molecule is CCOCCCC(CO)Cc1ccccc1C. The smallest absolute Gasteiger partial charge is 0.0466 e.